The molecule has 0 amide bonds. The number of methoxy groups -OCH3 is 1. The number of anilines is 1. The Hall–Kier alpha value is -2.77. The first kappa shape index (κ1) is 13.2. The summed E-state index contributed by atoms with van der Waals surface area (Å²) < 4.78 is 19.4. The van der Waals surface area contributed by atoms with Crippen molar-refractivity contribution in [3.63, 3.8) is 0 Å². The number of esters is 1. The topological polar surface area (TPSA) is 81.9 Å². The first-order valence-corrected chi connectivity index (χ1v) is 6.21. The molecule has 0 radical (unpaired) electrons. The number of allylic oxidation sites excluding steroid dienone is 1. The lowest BCUT2D eigenvalue weighted by molar-refractivity contribution is -0.136. The van der Waals surface area contributed by atoms with Gasteiger partial charge in [0.05, 0.1) is 12.7 Å². The molecule has 0 bridgehead atoms. The van der Waals surface area contributed by atoms with Crippen molar-refractivity contribution < 1.29 is 13.9 Å². The van der Waals surface area contributed by atoms with E-state index in [1.54, 1.807) is 19.1 Å². The Morgan fingerprint density at radius 1 is 1.38 bits per heavy atom. The number of rotatable bonds is 2. The van der Waals surface area contributed by atoms with Crippen molar-refractivity contribution in [2.45, 2.75) is 13.0 Å². The van der Waals surface area contributed by atoms with Crippen LogP contribution in [0.2, 0.25) is 0 Å². The highest BCUT2D eigenvalue weighted by molar-refractivity contribution is 5.92. The third-order valence-corrected chi connectivity index (χ3v) is 3.31. The second kappa shape index (κ2) is 4.97. The molecule has 0 saturated heterocycles. The SMILES string of the molecule is COC(=O)C1=C(C)Nc2nnnn2[C@H]1c1ccc(F)cc1. The van der Waals surface area contributed by atoms with Gasteiger partial charge in [0.25, 0.3) is 0 Å². The van der Waals surface area contributed by atoms with Gasteiger partial charge in [0.15, 0.2) is 0 Å². The standard InChI is InChI=1S/C13H12FN5O2/c1-7-10(12(20)21-2)11(8-3-5-9(14)6-4-8)19-13(15-7)16-17-18-19/h3-6,11H,1-2H3,(H,15,16,18)/t11-/m0/s1. The van der Waals surface area contributed by atoms with E-state index in [0.717, 1.165) is 0 Å². The van der Waals surface area contributed by atoms with Crippen LogP contribution in [-0.4, -0.2) is 33.3 Å². The highest BCUT2D eigenvalue weighted by atomic mass is 19.1. The predicted octanol–water partition coefficient (Wildman–Crippen LogP) is 1.27. The summed E-state index contributed by atoms with van der Waals surface area (Å²) in [5.41, 5.74) is 1.66. The molecule has 0 spiro atoms. The van der Waals surface area contributed by atoms with Gasteiger partial charge in [-0.15, -0.1) is 0 Å². The molecule has 1 atom stereocenters. The average molecular weight is 289 g/mol. The Morgan fingerprint density at radius 2 is 2.10 bits per heavy atom. The molecule has 3 rings (SSSR count). The number of carbonyl (C=O) groups excluding carboxylic acids is 1. The molecule has 1 aromatic carbocycles. The van der Waals surface area contributed by atoms with Crippen LogP contribution in [0.3, 0.4) is 0 Å². The molecule has 1 aliphatic heterocycles. The zero-order valence-corrected chi connectivity index (χ0v) is 11.4. The summed E-state index contributed by atoms with van der Waals surface area (Å²) >= 11 is 0. The van der Waals surface area contributed by atoms with Gasteiger partial charge in [-0.25, -0.2) is 9.18 Å². The van der Waals surface area contributed by atoms with Gasteiger partial charge in [-0.2, -0.15) is 4.68 Å². The summed E-state index contributed by atoms with van der Waals surface area (Å²) in [6.07, 6.45) is 0. The Morgan fingerprint density at radius 3 is 2.76 bits per heavy atom. The smallest absolute Gasteiger partial charge is 0.338 e. The Bertz CT molecular complexity index is 722. The molecule has 7 nitrogen and oxygen atoms in total. The monoisotopic (exact) mass is 289 g/mol. The minimum atomic E-state index is -0.565. The highest BCUT2D eigenvalue weighted by Crippen LogP contribution is 2.34. The van der Waals surface area contributed by atoms with Gasteiger partial charge >= 0.3 is 5.97 Å². The zero-order chi connectivity index (χ0) is 15.0. The van der Waals surface area contributed by atoms with Crippen molar-refractivity contribution in [3.8, 4) is 0 Å². The van der Waals surface area contributed by atoms with Gasteiger partial charge in [-0.1, -0.05) is 17.2 Å². The highest BCUT2D eigenvalue weighted by Gasteiger charge is 2.34. The van der Waals surface area contributed by atoms with Crippen LogP contribution in [0.4, 0.5) is 10.3 Å². The number of nitrogens with one attached hydrogen (secondary N) is 1. The summed E-state index contributed by atoms with van der Waals surface area (Å²) in [7, 11) is 1.31. The number of hydrogen-bond acceptors (Lipinski definition) is 6. The number of carbonyl (C=O) groups is 1. The van der Waals surface area contributed by atoms with E-state index in [1.165, 1.54) is 23.9 Å². The molecule has 8 heteroatoms. The molecule has 1 aliphatic rings. The van der Waals surface area contributed by atoms with Crippen LogP contribution < -0.4 is 5.32 Å². The van der Waals surface area contributed by atoms with E-state index in [4.69, 9.17) is 4.74 Å². The fraction of sp³-hybridized carbons (Fsp3) is 0.231. The number of tetrazole rings is 1. The molecule has 0 aliphatic carbocycles. The van der Waals surface area contributed by atoms with Crippen LogP contribution in [0.15, 0.2) is 35.5 Å². The van der Waals surface area contributed by atoms with E-state index in [2.05, 4.69) is 20.8 Å². The Kier molecular flexibility index (Phi) is 3.13. The van der Waals surface area contributed by atoms with E-state index in [9.17, 15) is 9.18 Å². The van der Waals surface area contributed by atoms with E-state index >= 15 is 0 Å². The van der Waals surface area contributed by atoms with E-state index in [0.29, 0.717) is 22.8 Å². The van der Waals surface area contributed by atoms with Gasteiger partial charge in [0.1, 0.15) is 11.9 Å². The van der Waals surface area contributed by atoms with Crippen LogP contribution in [-0.2, 0) is 9.53 Å². The van der Waals surface area contributed by atoms with Crippen LogP contribution >= 0.6 is 0 Å². The fourth-order valence-electron chi connectivity index (χ4n) is 2.34. The summed E-state index contributed by atoms with van der Waals surface area (Å²) in [6.45, 7) is 1.74. The molecular formula is C13H12FN5O2. The number of aromatic nitrogens is 4. The van der Waals surface area contributed by atoms with Gasteiger partial charge in [-0.3, -0.25) is 0 Å². The molecule has 1 aromatic heterocycles. The average Bonchev–Trinajstić information content (AvgIpc) is 2.94. The van der Waals surface area contributed by atoms with Crippen LogP contribution in [0.5, 0.6) is 0 Å². The first-order chi connectivity index (χ1) is 10.1. The second-order valence-electron chi connectivity index (χ2n) is 4.56. The largest absolute Gasteiger partial charge is 0.466 e. The molecule has 2 aromatic rings. The van der Waals surface area contributed by atoms with Crippen molar-refractivity contribution in [2.75, 3.05) is 12.4 Å². The molecule has 0 saturated carbocycles. The van der Waals surface area contributed by atoms with Gasteiger partial charge in [-0.05, 0) is 35.0 Å². The maximum atomic E-state index is 13.1. The van der Waals surface area contributed by atoms with Crippen molar-refractivity contribution in [2.24, 2.45) is 0 Å². The predicted molar refractivity (Wildman–Crippen MR) is 70.7 cm³/mol. The third-order valence-electron chi connectivity index (χ3n) is 3.31. The number of hydrogen-bond donors (Lipinski definition) is 1. The quantitative estimate of drug-likeness (QED) is 0.839. The molecule has 1 N–H and O–H groups in total. The number of ether oxygens (including phenoxy) is 1. The van der Waals surface area contributed by atoms with Crippen molar-refractivity contribution in [1.82, 2.24) is 20.2 Å². The summed E-state index contributed by atoms with van der Waals surface area (Å²) in [4.78, 5) is 12.1. The van der Waals surface area contributed by atoms with Gasteiger partial charge < -0.3 is 10.1 Å². The first-order valence-electron chi connectivity index (χ1n) is 6.21. The van der Waals surface area contributed by atoms with E-state index < -0.39 is 12.0 Å². The number of fused-ring (bicyclic) bond motifs is 1. The van der Waals surface area contributed by atoms with Crippen molar-refractivity contribution in [3.05, 3.63) is 46.9 Å². The summed E-state index contributed by atoms with van der Waals surface area (Å²) in [5.74, 6) is -0.435. The van der Waals surface area contributed by atoms with Gasteiger partial charge in [0, 0.05) is 5.70 Å². The van der Waals surface area contributed by atoms with Crippen LogP contribution in [0.1, 0.15) is 18.5 Å². The second-order valence-corrected chi connectivity index (χ2v) is 4.56. The Labute approximate surface area is 119 Å². The summed E-state index contributed by atoms with van der Waals surface area (Å²) in [5, 5.41) is 14.3. The number of benzene rings is 1. The van der Waals surface area contributed by atoms with E-state index in [1.807, 2.05) is 0 Å². The minimum absolute atomic E-state index is 0.357. The molecule has 0 unspecified atom stereocenters. The lowest BCUT2D eigenvalue weighted by Gasteiger charge is -2.26. The summed E-state index contributed by atoms with van der Waals surface area (Å²) in [6, 6.07) is 5.27. The van der Waals surface area contributed by atoms with Crippen LogP contribution in [0, 0.1) is 5.82 Å². The lowest BCUT2D eigenvalue weighted by Crippen LogP contribution is -2.29. The lowest BCUT2D eigenvalue weighted by atomic mass is 9.96. The Balaban J connectivity index is 2.17. The minimum Gasteiger partial charge on any atom is -0.466 e. The molecular weight excluding hydrogens is 277 g/mol. The third kappa shape index (κ3) is 2.14. The number of nitrogens with zero attached hydrogens (tertiary/aromatic N) is 4. The van der Waals surface area contributed by atoms with Crippen LogP contribution in [0.25, 0.3) is 0 Å². The van der Waals surface area contributed by atoms with Crippen molar-refractivity contribution >= 4 is 11.9 Å². The molecule has 0 fully saturated rings. The zero-order valence-electron chi connectivity index (χ0n) is 11.4. The maximum Gasteiger partial charge on any atom is 0.338 e. The molecule has 21 heavy (non-hydrogen) atoms. The fourth-order valence-corrected chi connectivity index (χ4v) is 2.34. The van der Waals surface area contributed by atoms with Crippen molar-refractivity contribution in [1.29, 1.82) is 0 Å². The molecule has 2 heterocycles. The maximum absolute atomic E-state index is 13.1. The van der Waals surface area contributed by atoms with Gasteiger partial charge in [0.2, 0.25) is 5.95 Å². The number of halogens is 1. The molecule has 108 valence electrons. The van der Waals surface area contributed by atoms with E-state index in [-0.39, 0.29) is 5.82 Å². The normalized spacial score (nSPS) is 17.2.